The van der Waals surface area contributed by atoms with E-state index < -0.39 is 23.3 Å². The molecule has 0 amide bonds. The van der Waals surface area contributed by atoms with Crippen molar-refractivity contribution in [1.29, 1.82) is 0 Å². The van der Waals surface area contributed by atoms with Crippen LogP contribution in [0.4, 0.5) is 13.2 Å². The Morgan fingerprint density at radius 2 is 2.12 bits per heavy atom. The van der Waals surface area contributed by atoms with Gasteiger partial charge in [0.15, 0.2) is 5.82 Å². The highest BCUT2D eigenvalue weighted by molar-refractivity contribution is 6.05. The third-order valence-electron chi connectivity index (χ3n) is 3.17. The minimum atomic E-state index is -4.50. The molecule has 3 aromatic rings. The van der Waals surface area contributed by atoms with Crippen LogP contribution in [0.3, 0.4) is 0 Å². The summed E-state index contributed by atoms with van der Waals surface area (Å²) >= 11 is 0. The molecule has 0 radical (unpaired) electrons. The van der Waals surface area contributed by atoms with Gasteiger partial charge in [0.1, 0.15) is 24.1 Å². The zero-order valence-corrected chi connectivity index (χ0v) is 12.8. The van der Waals surface area contributed by atoms with Crippen LogP contribution in [0.5, 0.6) is 11.7 Å². The van der Waals surface area contributed by atoms with E-state index in [2.05, 4.69) is 15.2 Å². The number of rotatable bonds is 5. The molecule has 26 heavy (non-hydrogen) atoms. The summed E-state index contributed by atoms with van der Waals surface area (Å²) in [6.07, 6.45) is -1.39. The number of allylic oxidation sites excluding steroid dienone is 1. The molecule has 0 atom stereocenters. The summed E-state index contributed by atoms with van der Waals surface area (Å²) in [6, 6.07) is 5.45. The highest BCUT2D eigenvalue weighted by atomic mass is 19.4. The van der Waals surface area contributed by atoms with Crippen LogP contribution in [0.15, 0.2) is 53.4 Å². The molecule has 0 aliphatic heterocycles. The Labute approximate surface area is 143 Å². The number of hydrogen-bond acceptors (Lipinski definition) is 6. The van der Waals surface area contributed by atoms with E-state index >= 15 is 0 Å². The van der Waals surface area contributed by atoms with Gasteiger partial charge in [-0.15, -0.1) is 0 Å². The zero-order valence-electron chi connectivity index (χ0n) is 12.8. The van der Waals surface area contributed by atoms with Crippen LogP contribution >= 0.6 is 0 Å². The Hall–Kier alpha value is -3.56. The number of H-pyrrole nitrogens is 1. The number of halogens is 3. The molecule has 0 spiro atoms. The molecule has 3 rings (SSSR count). The molecular weight excluding hydrogens is 355 g/mol. The van der Waals surface area contributed by atoms with Gasteiger partial charge in [-0.2, -0.15) is 18.3 Å². The van der Waals surface area contributed by atoms with Crippen LogP contribution in [-0.4, -0.2) is 26.1 Å². The van der Waals surface area contributed by atoms with Crippen molar-refractivity contribution in [3.63, 3.8) is 0 Å². The summed E-state index contributed by atoms with van der Waals surface area (Å²) < 4.78 is 48.3. The van der Waals surface area contributed by atoms with E-state index in [0.29, 0.717) is 0 Å². The molecule has 0 saturated heterocycles. The largest absolute Gasteiger partial charge is 0.507 e. The van der Waals surface area contributed by atoms with E-state index in [4.69, 9.17) is 9.15 Å². The quantitative estimate of drug-likeness (QED) is 0.403. The van der Waals surface area contributed by atoms with Crippen molar-refractivity contribution in [2.24, 2.45) is 0 Å². The standard InChI is InChI=1S/C16H10F3N3O4/c17-16(18,19)10-2-1-3-11(5-10)26-14-4-9(7-25-14)12(23)6-13(24)15-20-8-21-22-15/h1-8,23H,(H,20,21,22). The van der Waals surface area contributed by atoms with E-state index in [9.17, 15) is 23.1 Å². The topological polar surface area (TPSA) is 101 Å². The minimum absolute atomic E-state index is 0.0690. The predicted octanol–water partition coefficient (Wildman–Crippen LogP) is 3.99. The monoisotopic (exact) mass is 365 g/mol. The summed E-state index contributed by atoms with van der Waals surface area (Å²) in [5.74, 6) is -1.38. The number of ether oxygens (including phenoxy) is 1. The minimum Gasteiger partial charge on any atom is -0.507 e. The molecule has 2 N–H and O–H groups in total. The number of nitrogens with one attached hydrogen (secondary N) is 1. The molecule has 0 bridgehead atoms. The Morgan fingerprint density at radius 1 is 1.31 bits per heavy atom. The molecule has 2 aromatic heterocycles. The third-order valence-corrected chi connectivity index (χ3v) is 3.17. The van der Waals surface area contributed by atoms with Crippen molar-refractivity contribution < 1.29 is 32.2 Å². The molecule has 0 aliphatic carbocycles. The fourth-order valence-electron chi connectivity index (χ4n) is 1.96. The number of aromatic amines is 1. The number of aliphatic hydroxyl groups is 1. The number of ketones is 1. The first-order valence-electron chi connectivity index (χ1n) is 7.07. The number of aromatic nitrogens is 3. The smallest absolute Gasteiger partial charge is 0.416 e. The van der Waals surface area contributed by atoms with Gasteiger partial charge in [0.2, 0.25) is 5.78 Å². The van der Waals surface area contributed by atoms with E-state index in [1.54, 1.807) is 0 Å². The van der Waals surface area contributed by atoms with Gasteiger partial charge in [-0.1, -0.05) is 6.07 Å². The Bertz CT molecular complexity index is 946. The lowest BCUT2D eigenvalue weighted by Crippen LogP contribution is -2.04. The van der Waals surface area contributed by atoms with Crippen molar-refractivity contribution in [3.8, 4) is 11.7 Å². The molecule has 134 valence electrons. The molecule has 2 heterocycles. The van der Waals surface area contributed by atoms with Crippen LogP contribution in [-0.2, 0) is 6.18 Å². The first kappa shape index (κ1) is 17.3. The number of carbonyl (C=O) groups is 1. The van der Waals surface area contributed by atoms with Crippen LogP contribution in [0.2, 0.25) is 0 Å². The fraction of sp³-hybridized carbons (Fsp3) is 0.0625. The van der Waals surface area contributed by atoms with Gasteiger partial charge in [0.05, 0.1) is 11.1 Å². The maximum Gasteiger partial charge on any atom is 0.416 e. The van der Waals surface area contributed by atoms with Crippen molar-refractivity contribution in [2.45, 2.75) is 6.18 Å². The number of aliphatic hydroxyl groups excluding tert-OH is 1. The third kappa shape index (κ3) is 3.91. The summed E-state index contributed by atoms with van der Waals surface area (Å²) in [7, 11) is 0. The second-order valence-corrected chi connectivity index (χ2v) is 5.01. The van der Waals surface area contributed by atoms with Gasteiger partial charge in [-0.25, -0.2) is 4.98 Å². The van der Waals surface area contributed by atoms with Gasteiger partial charge in [-0.3, -0.25) is 9.89 Å². The van der Waals surface area contributed by atoms with Crippen LogP contribution in [0.25, 0.3) is 5.76 Å². The highest BCUT2D eigenvalue weighted by Crippen LogP contribution is 2.33. The second-order valence-electron chi connectivity index (χ2n) is 5.01. The normalized spacial score (nSPS) is 12.2. The lowest BCUT2D eigenvalue weighted by Gasteiger charge is -2.08. The summed E-state index contributed by atoms with van der Waals surface area (Å²) in [4.78, 5) is 15.4. The van der Waals surface area contributed by atoms with Crippen molar-refractivity contribution >= 4 is 11.5 Å². The van der Waals surface area contributed by atoms with E-state index in [-0.39, 0.29) is 23.1 Å². The fourth-order valence-corrected chi connectivity index (χ4v) is 1.96. The Kier molecular flexibility index (Phi) is 4.48. The van der Waals surface area contributed by atoms with Gasteiger partial charge in [0, 0.05) is 12.1 Å². The van der Waals surface area contributed by atoms with Crippen molar-refractivity contribution in [3.05, 3.63) is 65.9 Å². The average molecular weight is 365 g/mol. The molecule has 7 nitrogen and oxygen atoms in total. The SMILES string of the molecule is O=C(C=C(O)c1coc(Oc2cccc(C(F)(F)F)c2)c1)c1ncn[nH]1. The van der Waals surface area contributed by atoms with Crippen molar-refractivity contribution in [2.75, 3.05) is 0 Å². The maximum atomic E-state index is 12.7. The molecule has 0 fully saturated rings. The average Bonchev–Trinajstić information content (AvgIpc) is 3.26. The van der Waals surface area contributed by atoms with Gasteiger partial charge in [0.25, 0.3) is 5.95 Å². The van der Waals surface area contributed by atoms with Gasteiger partial charge < -0.3 is 14.3 Å². The summed E-state index contributed by atoms with van der Waals surface area (Å²) in [5, 5.41) is 15.8. The molecule has 10 heteroatoms. The number of carbonyl (C=O) groups excluding carboxylic acids is 1. The highest BCUT2D eigenvalue weighted by Gasteiger charge is 2.30. The zero-order chi connectivity index (χ0) is 18.7. The van der Waals surface area contributed by atoms with Gasteiger partial charge >= 0.3 is 6.18 Å². The van der Waals surface area contributed by atoms with Crippen molar-refractivity contribution in [1.82, 2.24) is 15.2 Å². The lowest BCUT2D eigenvalue weighted by molar-refractivity contribution is -0.137. The van der Waals surface area contributed by atoms with Crippen LogP contribution < -0.4 is 4.74 Å². The summed E-state index contributed by atoms with van der Waals surface area (Å²) in [6.45, 7) is 0. The number of nitrogens with zero attached hydrogens (tertiary/aromatic N) is 2. The second kappa shape index (κ2) is 6.75. The molecule has 0 saturated carbocycles. The van der Waals surface area contributed by atoms with E-state index in [1.165, 1.54) is 18.2 Å². The maximum absolute atomic E-state index is 12.7. The number of hydrogen-bond donors (Lipinski definition) is 2. The van der Waals surface area contributed by atoms with E-state index in [0.717, 1.165) is 30.8 Å². The number of benzene rings is 1. The van der Waals surface area contributed by atoms with Crippen LogP contribution in [0.1, 0.15) is 21.7 Å². The predicted molar refractivity (Wildman–Crippen MR) is 81.5 cm³/mol. The molecule has 1 aromatic carbocycles. The molecular formula is C16H10F3N3O4. The summed E-state index contributed by atoms with van der Waals surface area (Å²) in [5.41, 5.74) is -0.776. The Morgan fingerprint density at radius 3 is 2.81 bits per heavy atom. The first-order valence-corrected chi connectivity index (χ1v) is 7.07. The number of alkyl halides is 3. The number of furan rings is 1. The first-order chi connectivity index (χ1) is 12.3. The molecule has 0 aliphatic rings. The molecule has 0 unspecified atom stereocenters. The Balaban J connectivity index is 1.75. The van der Waals surface area contributed by atoms with Crippen LogP contribution in [0, 0.1) is 0 Å². The lowest BCUT2D eigenvalue weighted by atomic mass is 10.2. The van der Waals surface area contributed by atoms with E-state index in [1.807, 2.05) is 0 Å². The van der Waals surface area contributed by atoms with Gasteiger partial charge in [-0.05, 0) is 18.2 Å².